The molecule has 19 heavy (non-hydrogen) atoms. The van der Waals surface area contributed by atoms with E-state index in [2.05, 4.69) is 44.5 Å². The Morgan fingerprint density at radius 3 is 1.89 bits per heavy atom. The van der Waals surface area contributed by atoms with Gasteiger partial charge in [0.05, 0.1) is 0 Å². The highest BCUT2D eigenvalue weighted by molar-refractivity contribution is 5.01. The van der Waals surface area contributed by atoms with Crippen LogP contribution in [0, 0.1) is 11.8 Å². The first-order valence-electron chi connectivity index (χ1n) is 8.05. The van der Waals surface area contributed by atoms with Crippen LogP contribution in [0.1, 0.15) is 47.0 Å². The summed E-state index contributed by atoms with van der Waals surface area (Å²) in [5.74, 6) is 1.63. The van der Waals surface area contributed by atoms with Gasteiger partial charge in [-0.2, -0.15) is 0 Å². The molecule has 1 aliphatic heterocycles. The van der Waals surface area contributed by atoms with Crippen LogP contribution in [0.5, 0.6) is 0 Å². The summed E-state index contributed by atoms with van der Waals surface area (Å²) in [5, 5.41) is 0. The minimum atomic E-state index is 0.265. The number of hydrogen-bond acceptors (Lipinski definition) is 3. The molecule has 0 radical (unpaired) electrons. The van der Waals surface area contributed by atoms with Crippen molar-refractivity contribution in [3.63, 3.8) is 0 Å². The number of hydrogen-bond donors (Lipinski definition) is 1. The van der Waals surface area contributed by atoms with Gasteiger partial charge in [-0.05, 0) is 52.0 Å². The van der Waals surface area contributed by atoms with Crippen LogP contribution < -0.4 is 5.73 Å². The molecule has 1 saturated heterocycles. The lowest BCUT2D eigenvalue weighted by molar-refractivity contribution is -0.0439. The Kier molecular flexibility index (Phi) is 4.59. The molecule has 0 aromatic rings. The Morgan fingerprint density at radius 2 is 1.47 bits per heavy atom. The summed E-state index contributed by atoms with van der Waals surface area (Å²) in [5.41, 5.74) is 6.53. The maximum absolute atomic E-state index is 6.26. The van der Waals surface area contributed by atoms with Crippen LogP contribution in [0.15, 0.2) is 0 Å². The highest BCUT2D eigenvalue weighted by atomic mass is 15.3. The van der Waals surface area contributed by atoms with E-state index in [-0.39, 0.29) is 5.54 Å². The molecular formula is C16H33N3. The molecule has 0 spiro atoms. The lowest BCUT2D eigenvalue weighted by atomic mass is 9.70. The molecule has 2 fully saturated rings. The number of rotatable bonds is 2. The van der Waals surface area contributed by atoms with E-state index < -0.39 is 0 Å². The first-order chi connectivity index (χ1) is 8.88. The fraction of sp³-hybridized carbons (Fsp3) is 1.00. The van der Waals surface area contributed by atoms with E-state index >= 15 is 0 Å². The van der Waals surface area contributed by atoms with Crippen LogP contribution in [0.2, 0.25) is 0 Å². The fourth-order valence-electron chi connectivity index (χ4n) is 4.58. The number of nitrogens with zero attached hydrogens (tertiary/aromatic N) is 2. The zero-order valence-corrected chi connectivity index (χ0v) is 13.5. The summed E-state index contributed by atoms with van der Waals surface area (Å²) >= 11 is 0. The Morgan fingerprint density at radius 1 is 1.00 bits per heavy atom. The van der Waals surface area contributed by atoms with Gasteiger partial charge in [0.2, 0.25) is 0 Å². The van der Waals surface area contributed by atoms with Crippen LogP contribution in [0.4, 0.5) is 0 Å². The molecule has 2 aliphatic rings. The van der Waals surface area contributed by atoms with Crippen molar-refractivity contribution in [3.8, 4) is 0 Å². The van der Waals surface area contributed by atoms with Gasteiger partial charge >= 0.3 is 0 Å². The van der Waals surface area contributed by atoms with Gasteiger partial charge in [0.25, 0.3) is 0 Å². The first kappa shape index (κ1) is 15.3. The van der Waals surface area contributed by atoms with Gasteiger partial charge in [0.15, 0.2) is 0 Å². The molecule has 4 unspecified atom stereocenters. The molecule has 0 aromatic carbocycles. The van der Waals surface area contributed by atoms with Gasteiger partial charge < -0.3 is 5.73 Å². The van der Waals surface area contributed by atoms with Crippen molar-refractivity contribution in [3.05, 3.63) is 0 Å². The van der Waals surface area contributed by atoms with Crippen molar-refractivity contribution in [1.82, 2.24) is 9.80 Å². The molecule has 112 valence electrons. The highest BCUT2D eigenvalue weighted by Gasteiger charge is 2.44. The van der Waals surface area contributed by atoms with Gasteiger partial charge in [-0.25, -0.2) is 0 Å². The van der Waals surface area contributed by atoms with Gasteiger partial charge in [-0.3, -0.25) is 9.80 Å². The summed E-state index contributed by atoms with van der Waals surface area (Å²) in [4.78, 5) is 5.24. The van der Waals surface area contributed by atoms with Crippen molar-refractivity contribution in [2.75, 3.05) is 26.7 Å². The van der Waals surface area contributed by atoms with Crippen molar-refractivity contribution in [1.29, 1.82) is 0 Å². The van der Waals surface area contributed by atoms with Gasteiger partial charge in [0, 0.05) is 37.3 Å². The van der Waals surface area contributed by atoms with Gasteiger partial charge in [-0.15, -0.1) is 0 Å². The van der Waals surface area contributed by atoms with Crippen molar-refractivity contribution >= 4 is 0 Å². The molecule has 2 N–H and O–H groups in total. The predicted molar refractivity (Wildman–Crippen MR) is 82.2 cm³/mol. The molecule has 0 aromatic heterocycles. The number of piperazine rings is 1. The molecule has 1 aliphatic carbocycles. The zero-order valence-electron chi connectivity index (χ0n) is 13.5. The highest BCUT2D eigenvalue weighted by Crippen LogP contribution is 2.40. The monoisotopic (exact) mass is 267 g/mol. The minimum absolute atomic E-state index is 0.265. The molecule has 4 atom stereocenters. The van der Waals surface area contributed by atoms with Crippen LogP contribution in [0.3, 0.4) is 0 Å². The summed E-state index contributed by atoms with van der Waals surface area (Å²) in [6.45, 7) is 12.7. The van der Waals surface area contributed by atoms with E-state index in [1.807, 2.05) is 0 Å². The number of likely N-dealkylation sites (N-methyl/N-ethyl adjacent to an activating group) is 1. The normalized spacial score (nSPS) is 46.4. The van der Waals surface area contributed by atoms with Crippen LogP contribution in [0.25, 0.3) is 0 Å². The Labute approximate surface area is 119 Å². The third-order valence-corrected chi connectivity index (χ3v) is 5.67. The second-order valence-electron chi connectivity index (χ2n) is 7.55. The fourth-order valence-corrected chi connectivity index (χ4v) is 4.58. The van der Waals surface area contributed by atoms with Crippen molar-refractivity contribution < 1.29 is 0 Å². The van der Waals surface area contributed by atoms with Crippen molar-refractivity contribution in [2.24, 2.45) is 17.6 Å². The summed E-state index contributed by atoms with van der Waals surface area (Å²) in [7, 11) is 2.26. The lowest BCUT2D eigenvalue weighted by Crippen LogP contribution is -2.66. The SMILES string of the molecule is CC1CC(C)CC(CN)(N2CC(C)N(C)C(C)C2)C1. The van der Waals surface area contributed by atoms with E-state index in [0.717, 1.165) is 18.4 Å². The smallest absolute Gasteiger partial charge is 0.0338 e. The average Bonchev–Trinajstić information content (AvgIpc) is 2.34. The quantitative estimate of drug-likeness (QED) is 0.832. The molecular weight excluding hydrogens is 234 g/mol. The molecule has 3 nitrogen and oxygen atoms in total. The molecule has 2 rings (SSSR count). The van der Waals surface area contributed by atoms with E-state index in [1.54, 1.807) is 0 Å². The first-order valence-corrected chi connectivity index (χ1v) is 8.05. The Balaban J connectivity index is 2.16. The molecule has 1 heterocycles. The number of nitrogens with two attached hydrogens (primary N) is 1. The third kappa shape index (κ3) is 2.98. The third-order valence-electron chi connectivity index (χ3n) is 5.67. The predicted octanol–water partition coefficient (Wildman–Crippen LogP) is 2.16. The van der Waals surface area contributed by atoms with E-state index in [4.69, 9.17) is 5.73 Å². The average molecular weight is 267 g/mol. The molecule has 1 saturated carbocycles. The van der Waals surface area contributed by atoms with Crippen LogP contribution in [-0.4, -0.2) is 54.1 Å². The standard InChI is InChI=1S/C16H33N3/c1-12-6-13(2)8-16(7-12,11-17)19-9-14(3)18(5)15(4)10-19/h12-15H,6-11,17H2,1-5H3. The zero-order chi connectivity index (χ0) is 14.2. The summed E-state index contributed by atoms with van der Waals surface area (Å²) in [6, 6.07) is 1.28. The molecule has 0 amide bonds. The van der Waals surface area contributed by atoms with Crippen LogP contribution >= 0.6 is 0 Å². The van der Waals surface area contributed by atoms with E-state index in [0.29, 0.717) is 12.1 Å². The van der Waals surface area contributed by atoms with Gasteiger partial charge in [-0.1, -0.05) is 13.8 Å². The molecule has 3 heteroatoms. The van der Waals surface area contributed by atoms with E-state index in [1.165, 1.54) is 32.4 Å². The Bertz CT molecular complexity index is 282. The van der Waals surface area contributed by atoms with Gasteiger partial charge in [0.1, 0.15) is 0 Å². The van der Waals surface area contributed by atoms with Crippen LogP contribution in [-0.2, 0) is 0 Å². The second-order valence-corrected chi connectivity index (χ2v) is 7.55. The maximum Gasteiger partial charge on any atom is 0.0338 e. The Hall–Kier alpha value is -0.120. The second kappa shape index (κ2) is 5.71. The largest absolute Gasteiger partial charge is 0.329 e. The summed E-state index contributed by atoms with van der Waals surface area (Å²) in [6.07, 6.45) is 3.95. The lowest BCUT2D eigenvalue weighted by Gasteiger charge is -2.55. The topological polar surface area (TPSA) is 32.5 Å². The van der Waals surface area contributed by atoms with Crippen molar-refractivity contribution in [2.45, 2.75) is 64.6 Å². The minimum Gasteiger partial charge on any atom is -0.329 e. The summed E-state index contributed by atoms with van der Waals surface area (Å²) < 4.78 is 0. The maximum atomic E-state index is 6.26. The molecule has 0 bridgehead atoms. The van der Waals surface area contributed by atoms with E-state index in [9.17, 15) is 0 Å².